The molecule has 1 unspecified atom stereocenters. The summed E-state index contributed by atoms with van der Waals surface area (Å²) in [6.45, 7) is 2.73. The number of aromatic nitrogens is 2. The second kappa shape index (κ2) is 4.63. The number of carbonyl (C=O) groups is 1. The van der Waals surface area contributed by atoms with Gasteiger partial charge in [0, 0.05) is 39.4 Å². The zero-order valence-electron chi connectivity index (χ0n) is 9.26. The lowest BCUT2D eigenvalue weighted by Crippen LogP contribution is -2.54. The molecular weight excluding hydrogens is 208 g/mol. The van der Waals surface area contributed by atoms with Crippen LogP contribution in [0.25, 0.3) is 0 Å². The Morgan fingerprint density at radius 3 is 3.19 bits per heavy atom. The molecular formula is C10H16N4O2. The molecule has 0 bridgehead atoms. The molecule has 6 heteroatoms. The Bertz CT molecular complexity index is 377. The molecule has 1 aliphatic heterocycles. The maximum atomic E-state index is 11.1. The number of nitrogens with one attached hydrogen (secondary N) is 1. The smallest absolute Gasteiger partial charge is 0.322 e. The Morgan fingerprint density at radius 2 is 2.56 bits per heavy atom. The summed E-state index contributed by atoms with van der Waals surface area (Å²) in [7, 11) is 1.92. The summed E-state index contributed by atoms with van der Waals surface area (Å²) < 4.78 is 1.92. The van der Waals surface area contributed by atoms with Crippen LogP contribution >= 0.6 is 0 Å². The highest BCUT2D eigenvalue weighted by Crippen LogP contribution is 2.09. The molecule has 16 heavy (non-hydrogen) atoms. The molecule has 1 atom stereocenters. The zero-order chi connectivity index (χ0) is 11.5. The van der Waals surface area contributed by atoms with E-state index in [1.807, 2.05) is 16.5 Å². The van der Waals surface area contributed by atoms with E-state index in [4.69, 9.17) is 5.11 Å². The van der Waals surface area contributed by atoms with E-state index in [-0.39, 0.29) is 0 Å². The molecule has 2 rings (SSSR count). The van der Waals surface area contributed by atoms with Gasteiger partial charge in [0.15, 0.2) is 0 Å². The van der Waals surface area contributed by atoms with Crippen molar-refractivity contribution in [2.24, 2.45) is 7.05 Å². The molecule has 6 nitrogen and oxygen atoms in total. The van der Waals surface area contributed by atoms with Crippen LogP contribution in [0.3, 0.4) is 0 Å². The molecule has 0 radical (unpaired) electrons. The third-order valence-corrected chi connectivity index (χ3v) is 2.92. The summed E-state index contributed by atoms with van der Waals surface area (Å²) in [4.78, 5) is 17.1. The number of rotatable bonds is 3. The van der Waals surface area contributed by atoms with Gasteiger partial charge in [0.05, 0.1) is 12.0 Å². The molecule has 0 saturated carbocycles. The largest absolute Gasteiger partial charge is 0.480 e. The van der Waals surface area contributed by atoms with Crippen LogP contribution in [0.15, 0.2) is 12.5 Å². The van der Waals surface area contributed by atoms with Crippen LogP contribution in [0.4, 0.5) is 0 Å². The van der Waals surface area contributed by atoms with Crippen molar-refractivity contribution in [3.05, 3.63) is 18.2 Å². The van der Waals surface area contributed by atoms with Crippen LogP contribution < -0.4 is 5.32 Å². The first-order valence-electron chi connectivity index (χ1n) is 5.31. The SMILES string of the molecule is Cn1cncc1CN1CCNCC1C(=O)O. The van der Waals surface area contributed by atoms with Crippen molar-refractivity contribution < 1.29 is 9.90 Å². The van der Waals surface area contributed by atoms with Crippen molar-refractivity contribution in [1.82, 2.24) is 19.8 Å². The maximum Gasteiger partial charge on any atom is 0.322 e. The van der Waals surface area contributed by atoms with E-state index in [0.29, 0.717) is 13.1 Å². The monoisotopic (exact) mass is 224 g/mol. The van der Waals surface area contributed by atoms with E-state index < -0.39 is 12.0 Å². The maximum absolute atomic E-state index is 11.1. The summed E-state index contributed by atoms with van der Waals surface area (Å²) in [5.74, 6) is -0.769. The second-order valence-corrected chi connectivity index (χ2v) is 4.02. The topological polar surface area (TPSA) is 70.4 Å². The van der Waals surface area contributed by atoms with E-state index in [1.54, 1.807) is 12.5 Å². The van der Waals surface area contributed by atoms with Crippen molar-refractivity contribution in [3.8, 4) is 0 Å². The lowest BCUT2D eigenvalue weighted by molar-refractivity contribution is -0.144. The van der Waals surface area contributed by atoms with Gasteiger partial charge in [0.2, 0.25) is 0 Å². The van der Waals surface area contributed by atoms with Gasteiger partial charge in [-0.1, -0.05) is 0 Å². The highest BCUT2D eigenvalue weighted by atomic mass is 16.4. The van der Waals surface area contributed by atoms with Crippen LogP contribution in [-0.2, 0) is 18.4 Å². The molecule has 1 aliphatic rings. The summed E-state index contributed by atoms with van der Waals surface area (Å²) in [5, 5.41) is 12.2. The minimum Gasteiger partial charge on any atom is -0.480 e. The number of hydrogen-bond acceptors (Lipinski definition) is 4. The summed E-state index contributed by atoms with van der Waals surface area (Å²) >= 11 is 0. The van der Waals surface area contributed by atoms with Gasteiger partial charge in [0.25, 0.3) is 0 Å². The predicted octanol–water partition coefficient (Wildman–Crippen LogP) is -0.721. The summed E-state index contributed by atoms with van der Waals surface area (Å²) in [5.41, 5.74) is 1.04. The number of aryl methyl sites for hydroxylation is 1. The van der Waals surface area contributed by atoms with Gasteiger partial charge in [-0.3, -0.25) is 9.69 Å². The van der Waals surface area contributed by atoms with E-state index in [0.717, 1.165) is 18.8 Å². The second-order valence-electron chi connectivity index (χ2n) is 4.02. The number of nitrogens with zero attached hydrogens (tertiary/aromatic N) is 3. The standard InChI is InChI=1S/C10H16N4O2/c1-13-7-12-4-8(13)6-14-3-2-11-5-9(14)10(15)16/h4,7,9,11H,2-3,5-6H2,1H3,(H,15,16). The van der Waals surface area contributed by atoms with Crippen molar-refractivity contribution in [2.45, 2.75) is 12.6 Å². The lowest BCUT2D eigenvalue weighted by atomic mass is 10.2. The average molecular weight is 224 g/mol. The molecule has 0 aliphatic carbocycles. The highest BCUT2D eigenvalue weighted by molar-refractivity contribution is 5.73. The van der Waals surface area contributed by atoms with Crippen molar-refractivity contribution >= 4 is 5.97 Å². The van der Waals surface area contributed by atoms with Crippen LogP contribution in [0.2, 0.25) is 0 Å². The zero-order valence-corrected chi connectivity index (χ0v) is 9.26. The molecule has 88 valence electrons. The molecule has 2 N–H and O–H groups in total. The predicted molar refractivity (Wildman–Crippen MR) is 57.9 cm³/mol. The third kappa shape index (κ3) is 2.23. The van der Waals surface area contributed by atoms with E-state index in [1.165, 1.54) is 0 Å². The molecule has 1 aromatic rings. The van der Waals surface area contributed by atoms with Crippen LogP contribution in [0.1, 0.15) is 5.69 Å². The minimum atomic E-state index is -0.769. The van der Waals surface area contributed by atoms with Gasteiger partial charge >= 0.3 is 5.97 Å². The Balaban J connectivity index is 2.07. The van der Waals surface area contributed by atoms with E-state index in [2.05, 4.69) is 10.3 Å². The number of piperazine rings is 1. The summed E-state index contributed by atoms with van der Waals surface area (Å²) in [6, 6.07) is -0.441. The minimum absolute atomic E-state index is 0.441. The van der Waals surface area contributed by atoms with Gasteiger partial charge in [-0.15, -0.1) is 0 Å². The highest BCUT2D eigenvalue weighted by Gasteiger charge is 2.28. The van der Waals surface area contributed by atoms with E-state index in [9.17, 15) is 4.79 Å². The van der Waals surface area contributed by atoms with Crippen LogP contribution in [0, 0.1) is 0 Å². The Morgan fingerprint density at radius 1 is 1.75 bits per heavy atom. The van der Waals surface area contributed by atoms with Gasteiger partial charge < -0.3 is 15.0 Å². The van der Waals surface area contributed by atoms with Gasteiger partial charge in [-0.05, 0) is 0 Å². The Kier molecular flexibility index (Phi) is 3.21. The van der Waals surface area contributed by atoms with Crippen molar-refractivity contribution in [2.75, 3.05) is 19.6 Å². The third-order valence-electron chi connectivity index (χ3n) is 2.92. The van der Waals surface area contributed by atoms with Gasteiger partial charge in [-0.25, -0.2) is 4.98 Å². The average Bonchev–Trinajstić information content (AvgIpc) is 2.65. The number of aliphatic carboxylic acids is 1. The quantitative estimate of drug-likeness (QED) is 0.709. The molecule has 0 spiro atoms. The molecule has 2 heterocycles. The fraction of sp³-hybridized carbons (Fsp3) is 0.600. The fourth-order valence-corrected chi connectivity index (χ4v) is 1.92. The van der Waals surface area contributed by atoms with Gasteiger partial charge in [-0.2, -0.15) is 0 Å². The van der Waals surface area contributed by atoms with Crippen molar-refractivity contribution in [3.63, 3.8) is 0 Å². The Labute approximate surface area is 93.9 Å². The number of hydrogen-bond donors (Lipinski definition) is 2. The first-order valence-corrected chi connectivity index (χ1v) is 5.31. The number of carboxylic acid groups (broad SMARTS) is 1. The lowest BCUT2D eigenvalue weighted by Gasteiger charge is -2.33. The molecule has 0 amide bonds. The molecule has 1 saturated heterocycles. The molecule has 1 aromatic heterocycles. The number of imidazole rings is 1. The number of carboxylic acids is 1. The summed E-state index contributed by atoms with van der Waals surface area (Å²) in [6.07, 6.45) is 3.51. The first-order chi connectivity index (χ1) is 7.68. The molecule has 0 aromatic carbocycles. The first kappa shape index (κ1) is 11.1. The van der Waals surface area contributed by atoms with Crippen LogP contribution in [-0.4, -0.2) is 51.2 Å². The molecule has 1 fully saturated rings. The van der Waals surface area contributed by atoms with Crippen LogP contribution in [0.5, 0.6) is 0 Å². The fourth-order valence-electron chi connectivity index (χ4n) is 1.92. The Hall–Kier alpha value is -1.40. The van der Waals surface area contributed by atoms with Gasteiger partial charge in [0.1, 0.15) is 6.04 Å². The normalized spacial score (nSPS) is 22.2. The van der Waals surface area contributed by atoms with E-state index >= 15 is 0 Å². The van der Waals surface area contributed by atoms with Crippen molar-refractivity contribution in [1.29, 1.82) is 0 Å².